The van der Waals surface area contributed by atoms with Crippen molar-refractivity contribution in [2.45, 2.75) is 9.79 Å². The first-order valence-electron chi connectivity index (χ1n) is 9.31. The Bertz CT molecular complexity index is 1810. The molecule has 0 atom stereocenters. The van der Waals surface area contributed by atoms with Crippen LogP contribution in [-0.4, -0.2) is 36.0 Å². The van der Waals surface area contributed by atoms with Crippen LogP contribution in [0.5, 0.6) is 11.5 Å². The van der Waals surface area contributed by atoms with Crippen molar-refractivity contribution < 1.29 is 100 Å². The zero-order valence-corrected chi connectivity index (χ0v) is 24.6. The van der Waals surface area contributed by atoms with Gasteiger partial charge in [-0.05, 0) is 18.2 Å². The van der Waals surface area contributed by atoms with E-state index in [1.807, 2.05) is 0 Å². The molecule has 0 spiro atoms. The minimum absolute atomic E-state index is 0. The number of hydrogen-bond donors (Lipinski definition) is 2. The average molecular weight is 563 g/mol. The Morgan fingerprint density at radius 2 is 1.51 bits per heavy atom. The van der Waals surface area contributed by atoms with Gasteiger partial charge in [0, 0.05) is 39.7 Å². The number of nitro groups is 1. The molecule has 37 heavy (non-hydrogen) atoms. The van der Waals surface area contributed by atoms with Crippen LogP contribution in [0.2, 0.25) is 0 Å². The van der Waals surface area contributed by atoms with E-state index in [0.717, 1.165) is 36.4 Å². The summed E-state index contributed by atoms with van der Waals surface area (Å²) in [5.74, 6) is -1.45. The number of azo groups is 1. The third kappa shape index (κ3) is 6.12. The van der Waals surface area contributed by atoms with Gasteiger partial charge in [0.15, 0.2) is 0 Å². The maximum absolute atomic E-state index is 12.4. The number of nitro benzene ring substituents is 1. The second kappa shape index (κ2) is 11.3. The van der Waals surface area contributed by atoms with E-state index in [0.29, 0.717) is 6.07 Å². The van der Waals surface area contributed by atoms with Crippen LogP contribution >= 0.6 is 0 Å². The second-order valence-corrected chi connectivity index (χ2v) is 9.86. The van der Waals surface area contributed by atoms with Crippen LogP contribution in [-0.2, 0) is 20.2 Å². The summed E-state index contributed by atoms with van der Waals surface area (Å²) in [5.41, 5.74) is -1.07. The molecule has 0 saturated carbocycles. The molecule has 4 rings (SSSR count). The minimum Gasteiger partial charge on any atom is -0.872 e. The summed E-state index contributed by atoms with van der Waals surface area (Å²) in [4.78, 5) is 8.84. The van der Waals surface area contributed by atoms with Crippen molar-refractivity contribution in [3.8, 4) is 11.5 Å². The van der Waals surface area contributed by atoms with Crippen LogP contribution < -0.4 is 64.2 Å². The molecule has 0 heterocycles. The van der Waals surface area contributed by atoms with E-state index in [-0.39, 0.29) is 86.6 Å². The number of hydrogen-bond acceptors (Lipinski definition) is 11. The number of nitrogens with zero attached hydrogens (tertiary/aromatic N) is 3. The Hall–Kier alpha value is -2.18. The van der Waals surface area contributed by atoms with E-state index < -0.39 is 57.5 Å². The topological polar surface area (TPSA) is 223 Å². The Balaban J connectivity index is 0.00000241. The second-order valence-electron chi connectivity index (χ2n) is 7.12. The molecule has 0 aliphatic heterocycles. The molecule has 0 fully saturated rings. The summed E-state index contributed by atoms with van der Waals surface area (Å²) in [6.07, 6.45) is 0. The van der Waals surface area contributed by atoms with E-state index in [1.54, 1.807) is 0 Å². The van der Waals surface area contributed by atoms with Gasteiger partial charge in [0.05, 0.1) is 15.5 Å². The molecule has 180 valence electrons. The molecular formula is C20H11N3Na2O10S2. The van der Waals surface area contributed by atoms with Crippen LogP contribution in [0, 0.1) is 10.1 Å². The minimum atomic E-state index is -5.16. The smallest absolute Gasteiger partial charge is 0.872 e. The number of fused-ring (bicyclic) bond motifs is 2. The Labute approximate surface area is 253 Å². The maximum Gasteiger partial charge on any atom is 1.00 e. The van der Waals surface area contributed by atoms with Gasteiger partial charge in [0.1, 0.15) is 26.5 Å². The molecule has 17 heteroatoms. The molecule has 4 aromatic rings. The largest absolute Gasteiger partial charge is 1.00 e. The van der Waals surface area contributed by atoms with Gasteiger partial charge < -0.3 is 14.8 Å². The van der Waals surface area contributed by atoms with Gasteiger partial charge in [0.25, 0.3) is 15.8 Å². The van der Waals surface area contributed by atoms with Crippen molar-refractivity contribution in [3.05, 3.63) is 64.7 Å². The third-order valence-electron chi connectivity index (χ3n) is 4.99. The quantitative estimate of drug-likeness (QED) is 0.0837. The fraction of sp³-hybridized carbons (Fsp3) is 0. The van der Waals surface area contributed by atoms with Gasteiger partial charge in [-0.1, -0.05) is 23.9 Å². The summed E-state index contributed by atoms with van der Waals surface area (Å²) in [7, 11) is -9.85. The van der Waals surface area contributed by atoms with E-state index in [9.17, 15) is 46.3 Å². The van der Waals surface area contributed by atoms with E-state index in [1.165, 1.54) is 12.1 Å². The molecule has 0 unspecified atom stereocenters. The molecule has 0 aliphatic rings. The first-order valence-corrected chi connectivity index (χ1v) is 12.2. The van der Waals surface area contributed by atoms with Crippen LogP contribution in [0.4, 0.5) is 17.1 Å². The Kier molecular flexibility index (Phi) is 9.47. The number of aromatic hydroxyl groups is 1. The molecule has 0 aliphatic carbocycles. The van der Waals surface area contributed by atoms with Crippen LogP contribution in [0.1, 0.15) is 0 Å². The molecule has 0 saturated heterocycles. The predicted octanol–water partition coefficient (Wildman–Crippen LogP) is -2.75. The summed E-state index contributed by atoms with van der Waals surface area (Å²) in [6, 6.07) is 9.17. The van der Waals surface area contributed by atoms with Gasteiger partial charge in [-0.2, -0.15) is 8.42 Å². The fourth-order valence-electron chi connectivity index (χ4n) is 3.52. The maximum atomic E-state index is 12.4. The van der Waals surface area contributed by atoms with Crippen molar-refractivity contribution >= 4 is 58.8 Å². The van der Waals surface area contributed by atoms with Gasteiger partial charge >= 0.3 is 59.1 Å². The van der Waals surface area contributed by atoms with Crippen LogP contribution in [0.3, 0.4) is 0 Å². The summed E-state index contributed by atoms with van der Waals surface area (Å²) in [5, 5.41) is 40.7. The van der Waals surface area contributed by atoms with Crippen molar-refractivity contribution in [2.75, 3.05) is 0 Å². The van der Waals surface area contributed by atoms with Crippen molar-refractivity contribution in [1.82, 2.24) is 0 Å². The fourth-order valence-corrected chi connectivity index (χ4v) is 4.90. The molecule has 0 amide bonds. The standard InChI is InChI=1S/C20H13N3O10S2.2Na/c24-15-3-1-2-12-17(34(28,29)30)7-6-14(19(12)15)21-22-20-11-5-4-10(23(26)27)8-13(11)18(9-16(20)25)35(31,32)33;;/h1-9,24-25H,(H,28,29,30)(H,31,32,33);;/q;2*+1/p-2. The van der Waals surface area contributed by atoms with Gasteiger partial charge in [0.2, 0.25) is 0 Å². The van der Waals surface area contributed by atoms with E-state index in [4.69, 9.17) is 0 Å². The zero-order valence-electron chi connectivity index (χ0n) is 19.0. The van der Waals surface area contributed by atoms with Crippen molar-refractivity contribution in [1.29, 1.82) is 0 Å². The molecule has 0 aromatic heterocycles. The first kappa shape index (κ1) is 31.0. The number of phenolic OH excluding ortho intramolecular Hbond substituents is 1. The van der Waals surface area contributed by atoms with Crippen molar-refractivity contribution in [3.63, 3.8) is 0 Å². The van der Waals surface area contributed by atoms with Gasteiger partial charge in [-0.15, -0.1) is 10.2 Å². The summed E-state index contributed by atoms with van der Waals surface area (Å²) < 4.78 is 67.8. The Morgan fingerprint density at radius 3 is 2.11 bits per heavy atom. The normalized spacial score (nSPS) is 11.8. The number of non-ortho nitro benzene ring substituents is 1. The molecule has 0 radical (unpaired) electrons. The predicted molar refractivity (Wildman–Crippen MR) is 118 cm³/mol. The average Bonchev–Trinajstić information content (AvgIpc) is 2.76. The van der Waals surface area contributed by atoms with E-state index >= 15 is 0 Å². The van der Waals surface area contributed by atoms with Gasteiger partial charge in [-0.3, -0.25) is 14.7 Å². The van der Waals surface area contributed by atoms with E-state index in [2.05, 4.69) is 10.2 Å². The SMILES string of the molecule is O=[N+]([O-])c1ccc2c(N=Nc3ccc(S(=O)(=O)O)c4cccc([O-])c34)c(O)cc(S(=O)(=O)[O-])c2c1.[Na+].[Na+]. The monoisotopic (exact) mass is 563 g/mol. The first-order chi connectivity index (χ1) is 16.3. The molecular weight excluding hydrogens is 552 g/mol. The summed E-state index contributed by atoms with van der Waals surface area (Å²) in [6.45, 7) is 0. The zero-order chi connectivity index (χ0) is 25.7. The number of rotatable bonds is 5. The Morgan fingerprint density at radius 1 is 0.838 bits per heavy atom. The third-order valence-corrected chi connectivity index (χ3v) is 6.78. The van der Waals surface area contributed by atoms with Crippen molar-refractivity contribution in [2.24, 2.45) is 10.2 Å². The molecule has 0 bridgehead atoms. The molecule has 2 N–H and O–H groups in total. The number of benzene rings is 4. The number of phenols is 1. The molecule has 4 aromatic carbocycles. The van der Waals surface area contributed by atoms with Crippen LogP contribution in [0.25, 0.3) is 21.5 Å². The van der Waals surface area contributed by atoms with Gasteiger partial charge in [-0.25, -0.2) is 8.42 Å². The van der Waals surface area contributed by atoms with Crippen LogP contribution in [0.15, 0.2) is 74.6 Å². The summed E-state index contributed by atoms with van der Waals surface area (Å²) >= 11 is 0. The molecule has 13 nitrogen and oxygen atoms in total.